The molecule has 0 aliphatic carbocycles. The Kier molecular flexibility index (Phi) is 4.99. The molecular weight excluding hydrogens is 292 g/mol. The Hall–Kier alpha value is -1.71. The third kappa shape index (κ3) is 3.54. The van der Waals surface area contributed by atoms with Gasteiger partial charge in [0.2, 0.25) is 11.8 Å². The van der Waals surface area contributed by atoms with Gasteiger partial charge in [-0.1, -0.05) is 0 Å². The first-order valence-corrected chi connectivity index (χ1v) is 7.22. The fraction of sp³-hybridized carbons (Fsp3) is 0.769. The van der Waals surface area contributed by atoms with Crippen LogP contribution in [0.1, 0.15) is 13.3 Å². The number of aliphatic hydroxyl groups is 2. The Balaban J connectivity index is 1.87. The van der Waals surface area contributed by atoms with E-state index in [4.69, 9.17) is 0 Å². The normalized spacial score (nSPS) is 29.0. The Morgan fingerprint density at radius 2 is 1.73 bits per heavy atom. The van der Waals surface area contributed by atoms with Gasteiger partial charge in [-0.25, -0.2) is 10.0 Å². The minimum Gasteiger partial charge on any atom is -0.392 e. The quantitative estimate of drug-likeness (QED) is 0.516. The van der Waals surface area contributed by atoms with Crippen molar-refractivity contribution in [3.05, 3.63) is 0 Å². The zero-order valence-corrected chi connectivity index (χ0v) is 12.7. The highest BCUT2D eigenvalue weighted by Gasteiger charge is 2.36. The van der Waals surface area contributed by atoms with Crippen molar-refractivity contribution in [3.63, 3.8) is 0 Å². The number of amides is 3. The van der Waals surface area contributed by atoms with Crippen LogP contribution < -0.4 is 5.32 Å². The van der Waals surface area contributed by atoms with Crippen LogP contribution in [0.3, 0.4) is 0 Å². The smallest absolute Gasteiger partial charge is 0.260 e. The fourth-order valence-electron chi connectivity index (χ4n) is 2.84. The number of rotatable bonds is 3. The molecule has 2 rings (SSSR count). The molecule has 9 heteroatoms. The van der Waals surface area contributed by atoms with Crippen molar-refractivity contribution >= 4 is 17.7 Å². The molecule has 0 aromatic heterocycles. The SMILES string of the molecule is CC(=O)N1CC(O)CN1C(=O)CNC(=O)C1CC(O)CN1C. The molecule has 22 heavy (non-hydrogen) atoms. The first-order chi connectivity index (χ1) is 10.3. The Labute approximate surface area is 128 Å². The molecule has 3 amide bonds. The van der Waals surface area contributed by atoms with Crippen LogP contribution in [0.4, 0.5) is 0 Å². The number of aliphatic hydroxyl groups excluding tert-OH is 2. The maximum Gasteiger partial charge on any atom is 0.260 e. The standard InChI is InChI=1S/C13H22N4O5/c1-8(18)16-6-10(20)7-17(16)12(21)4-14-13(22)11-3-9(19)5-15(11)2/h9-11,19-20H,3-7H2,1-2H3,(H,14,22). The number of carbonyl (C=O) groups excluding carboxylic acids is 3. The number of hydrazine groups is 1. The van der Waals surface area contributed by atoms with Gasteiger partial charge >= 0.3 is 0 Å². The average molecular weight is 314 g/mol. The van der Waals surface area contributed by atoms with Crippen molar-refractivity contribution < 1.29 is 24.6 Å². The number of carbonyl (C=O) groups is 3. The second-order valence-corrected chi connectivity index (χ2v) is 5.79. The van der Waals surface area contributed by atoms with Gasteiger partial charge in [0.1, 0.15) is 0 Å². The van der Waals surface area contributed by atoms with E-state index in [2.05, 4.69) is 5.32 Å². The topological polar surface area (TPSA) is 113 Å². The maximum absolute atomic E-state index is 12.1. The summed E-state index contributed by atoms with van der Waals surface area (Å²) in [5, 5.41) is 23.9. The molecule has 0 saturated carbocycles. The van der Waals surface area contributed by atoms with Crippen LogP contribution in [-0.4, -0.2) is 94.3 Å². The summed E-state index contributed by atoms with van der Waals surface area (Å²) in [4.78, 5) is 37.3. The Bertz CT molecular complexity index is 471. The van der Waals surface area contributed by atoms with Crippen LogP contribution in [-0.2, 0) is 14.4 Å². The summed E-state index contributed by atoms with van der Waals surface area (Å²) >= 11 is 0. The van der Waals surface area contributed by atoms with Gasteiger partial charge < -0.3 is 15.5 Å². The summed E-state index contributed by atoms with van der Waals surface area (Å²) in [5.74, 6) is -1.13. The van der Waals surface area contributed by atoms with Crippen molar-refractivity contribution in [1.82, 2.24) is 20.2 Å². The van der Waals surface area contributed by atoms with E-state index < -0.39 is 24.2 Å². The second-order valence-electron chi connectivity index (χ2n) is 5.79. The fourth-order valence-corrected chi connectivity index (χ4v) is 2.84. The molecule has 3 unspecified atom stereocenters. The van der Waals surface area contributed by atoms with E-state index in [-0.39, 0.29) is 31.4 Å². The second kappa shape index (κ2) is 6.59. The lowest BCUT2D eigenvalue weighted by Crippen LogP contribution is -2.50. The highest BCUT2D eigenvalue weighted by atomic mass is 16.3. The van der Waals surface area contributed by atoms with E-state index in [0.29, 0.717) is 13.0 Å². The van der Waals surface area contributed by atoms with Crippen LogP contribution in [0.15, 0.2) is 0 Å². The third-order valence-corrected chi connectivity index (χ3v) is 3.95. The van der Waals surface area contributed by atoms with Gasteiger partial charge in [-0.05, 0) is 13.5 Å². The molecule has 3 atom stereocenters. The van der Waals surface area contributed by atoms with Crippen molar-refractivity contribution in [2.75, 3.05) is 33.2 Å². The molecule has 9 nitrogen and oxygen atoms in total. The van der Waals surface area contributed by atoms with Crippen molar-refractivity contribution in [2.24, 2.45) is 0 Å². The average Bonchev–Trinajstić information content (AvgIpc) is 2.98. The predicted molar refractivity (Wildman–Crippen MR) is 75.2 cm³/mol. The summed E-state index contributed by atoms with van der Waals surface area (Å²) in [7, 11) is 1.73. The number of nitrogens with one attached hydrogen (secondary N) is 1. The van der Waals surface area contributed by atoms with Gasteiger partial charge in [0.05, 0.1) is 37.9 Å². The molecule has 2 aliphatic rings. The molecule has 0 radical (unpaired) electrons. The summed E-state index contributed by atoms with van der Waals surface area (Å²) in [6.45, 7) is 1.59. The summed E-state index contributed by atoms with van der Waals surface area (Å²) < 4.78 is 0. The molecule has 3 N–H and O–H groups in total. The van der Waals surface area contributed by atoms with Crippen LogP contribution in [0.5, 0.6) is 0 Å². The molecule has 124 valence electrons. The van der Waals surface area contributed by atoms with Gasteiger partial charge in [-0.3, -0.25) is 19.3 Å². The molecule has 2 fully saturated rings. The molecular formula is C13H22N4O5. The summed E-state index contributed by atoms with van der Waals surface area (Å²) in [6, 6.07) is -0.462. The number of nitrogens with zero attached hydrogens (tertiary/aromatic N) is 3. The van der Waals surface area contributed by atoms with Crippen LogP contribution in [0.25, 0.3) is 0 Å². The number of β-amino-alcohol motifs (C(OH)–C–C–N with tert-alkyl or cyclic N) is 2. The monoisotopic (exact) mass is 314 g/mol. The van der Waals surface area contributed by atoms with Gasteiger partial charge in [-0.15, -0.1) is 0 Å². The number of likely N-dealkylation sites (N-methyl/N-ethyl adjacent to an activating group) is 1. The third-order valence-electron chi connectivity index (χ3n) is 3.95. The van der Waals surface area contributed by atoms with E-state index in [1.807, 2.05) is 0 Å². The lowest BCUT2D eigenvalue weighted by atomic mass is 10.2. The van der Waals surface area contributed by atoms with E-state index in [1.165, 1.54) is 11.9 Å². The van der Waals surface area contributed by atoms with Crippen LogP contribution in [0, 0.1) is 0 Å². The van der Waals surface area contributed by atoms with E-state index in [1.54, 1.807) is 11.9 Å². The lowest BCUT2D eigenvalue weighted by Gasteiger charge is -2.26. The molecule has 0 bridgehead atoms. The van der Waals surface area contributed by atoms with Crippen molar-refractivity contribution in [1.29, 1.82) is 0 Å². The molecule has 2 saturated heterocycles. The number of hydrogen-bond donors (Lipinski definition) is 3. The maximum atomic E-state index is 12.1. The molecule has 0 spiro atoms. The first-order valence-electron chi connectivity index (χ1n) is 7.22. The summed E-state index contributed by atoms with van der Waals surface area (Å²) in [6.07, 6.45) is -0.989. The van der Waals surface area contributed by atoms with Gasteiger partial charge in [0.25, 0.3) is 5.91 Å². The molecule has 2 aliphatic heterocycles. The summed E-state index contributed by atoms with van der Waals surface area (Å²) in [5.41, 5.74) is 0. The zero-order chi connectivity index (χ0) is 16.4. The number of hydrogen-bond acceptors (Lipinski definition) is 6. The van der Waals surface area contributed by atoms with Crippen LogP contribution >= 0.6 is 0 Å². The van der Waals surface area contributed by atoms with Crippen LogP contribution in [0.2, 0.25) is 0 Å². The van der Waals surface area contributed by atoms with E-state index in [9.17, 15) is 24.6 Å². The van der Waals surface area contributed by atoms with Crippen molar-refractivity contribution in [3.8, 4) is 0 Å². The molecule has 0 aromatic carbocycles. The Morgan fingerprint density at radius 3 is 2.27 bits per heavy atom. The molecule has 0 aromatic rings. The van der Waals surface area contributed by atoms with E-state index >= 15 is 0 Å². The van der Waals surface area contributed by atoms with Gasteiger partial charge in [0, 0.05) is 13.5 Å². The van der Waals surface area contributed by atoms with E-state index in [0.717, 1.165) is 5.01 Å². The van der Waals surface area contributed by atoms with Crippen molar-refractivity contribution in [2.45, 2.75) is 31.6 Å². The highest BCUT2D eigenvalue weighted by molar-refractivity contribution is 5.88. The largest absolute Gasteiger partial charge is 0.392 e. The molecule has 2 heterocycles. The predicted octanol–water partition coefficient (Wildman–Crippen LogP) is -2.87. The number of likely N-dealkylation sites (tertiary alicyclic amines) is 1. The zero-order valence-electron chi connectivity index (χ0n) is 12.7. The first kappa shape index (κ1) is 16.7. The van der Waals surface area contributed by atoms with Gasteiger partial charge in [0.15, 0.2) is 0 Å². The van der Waals surface area contributed by atoms with Gasteiger partial charge in [-0.2, -0.15) is 0 Å². The Morgan fingerprint density at radius 1 is 1.09 bits per heavy atom. The minimum atomic E-state index is -0.778. The minimum absolute atomic E-state index is 0.0380. The highest BCUT2D eigenvalue weighted by Crippen LogP contribution is 2.16. The lowest BCUT2D eigenvalue weighted by molar-refractivity contribution is -0.156.